The number of aromatic nitrogens is 2. The van der Waals surface area contributed by atoms with Crippen LogP contribution in [0.4, 0.5) is 0 Å². The van der Waals surface area contributed by atoms with Crippen LogP contribution in [0, 0.1) is 0 Å². The molecule has 1 aromatic heterocycles. The molecule has 0 amide bonds. The monoisotopic (exact) mass is 342 g/mol. The quantitative estimate of drug-likeness (QED) is 0.784. The fourth-order valence-corrected chi connectivity index (χ4v) is 3.52. The molecule has 2 fully saturated rings. The molecule has 1 aromatic carbocycles. The molecule has 0 radical (unpaired) electrons. The van der Waals surface area contributed by atoms with Crippen molar-refractivity contribution in [3.05, 3.63) is 36.2 Å². The van der Waals surface area contributed by atoms with E-state index >= 15 is 0 Å². The van der Waals surface area contributed by atoms with Crippen molar-refractivity contribution in [1.29, 1.82) is 0 Å². The van der Waals surface area contributed by atoms with Gasteiger partial charge in [-0.1, -0.05) is 35.5 Å². The molecule has 2 atom stereocenters. The Hall–Kier alpha value is -2.25. The summed E-state index contributed by atoms with van der Waals surface area (Å²) in [6.07, 6.45) is 0.804. The van der Waals surface area contributed by atoms with Gasteiger partial charge in [0.05, 0.1) is 12.6 Å². The number of carbonyl (C=O) groups is 1. The van der Waals surface area contributed by atoms with Crippen molar-refractivity contribution >= 4 is 5.97 Å². The molecule has 2 aromatic rings. The van der Waals surface area contributed by atoms with Gasteiger partial charge in [0, 0.05) is 38.2 Å². The minimum Gasteiger partial charge on any atom is -0.464 e. The molecule has 7 heteroatoms. The van der Waals surface area contributed by atoms with E-state index in [1.54, 1.807) is 0 Å². The summed E-state index contributed by atoms with van der Waals surface area (Å²) in [5, 5.41) is 4.11. The number of esters is 1. The zero-order valence-electron chi connectivity index (χ0n) is 14.3. The molecule has 132 valence electrons. The SMILES string of the molecule is C[C@@H](c1nc(-c2ccccc2)no1)N1CCN([C@H]2CCOC2=O)CC1. The maximum Gasteiger partial charge on any atom is 0.323 e. The van der Waals surface area contributed by atoms with Crippen molar-refractivity contribution in [2.45, 2.75) is 25.4 Å². The van der Waals surface area contributed by atoms with Gasteiger partial charge in [-0.2, -0.15) is 4.98 Å². The average Bonchev–Trinajstić information content (AvgIpc) is 3.31. The summed E-state index contributed by atoms with van der Waals surface area (Å²) >= 11 is 0. The second-order valence-corrected chi connectivity index (χ2v) is 6.54. The molecule has 0 N–H and O–H groups in total. The van der Waals surface area contributed by atoms with Crippen LogP contribution in [0.1, 0.15) is 25.3 Å². The first-order valence-electron chi connectivity index (χ1n) is 8.76. The molecule has 7 nitrogen and oxygen atoms in total. The fraction of sp³-hybridized carbons (Fsp3) is 0.500. The fourth-order valence-electron chi connectivity index (χ4n) is 3.52. The second-order valence-electron chi connectivity index (χ2n) is 6.54. The molecule has 0 aliphatic carbocycles. The smallest absolute Gasteiger partial charge is 0.323 e. The lowest BCUT2D eigenvalue weighted by atomic mass is 10.1. The highest BCUT2D eigenvalue weighted by molar-refractivity contribution is 5.77. The van der Waals surface area contributed by atoms with Crippen LogP contribution in [-0.2, 0) is 9.53 Å². The Balaban J connectivity index is 1.38. The third kappa shape index (κ3) is 3.29. The zero-order chi connectivity index (χ0) is 17.2. The first-order valence-corrected chi connectivity index (χ1v) is 8.76. The summed E-state index contributed by atoms with van der Waals surface area (Å²) in [5.41, 5.74) is 0.953. The maximum absolute atomic E-state index is 11.7. The Morgan fingerprint density at radius 3 is 2.60 bits per heavy atom. The largest absolute Gasteiger partial charge is 0.464 e. The summed E-state index contributed by atoms with van der Waals surface area (Å²) in [6.45, 7) is 6.07. The predicted molar refractivity (Wildman–Crippen MR) is 90.7 cm³/mol. The Morgan fingerprint density at radius 2 is 1.92 bits per heavy atom. The van der Waals surface area contributed by atoms with E-state index in [0.717, 1.165) is 38.2 Å². The lowest BCUT2D eigenvalue weighted by molar-refractivity contribution is -0.143. The number of piperazine rings is 1. The molecule has 2 aliphatic rings. The van der Waals surface area contributed by atoms with Gasteiger partial charge in [0.1, 0.15) is 6.04 Å². The highest BCUT2D eigenvalue weighted by atomic mass is 16.5. The van der Waals surface area contributed by atoms with Gasteiger partial charge in [0.2, 0.25) is 11.7 Å². The van der Waals surface area contributed by atoms with Crippen LogP contribution in [0.15, 0.2) is 34.9 Å². The minimum atomic E-state index is -0.0779. The summed E-state index contributed by atoms with van der Waals surface area (Å²) in [6, 6.07) is 9.82. The third-order valence-corrected chi connectivity index (χ3v) is 5.08. The Bertz CT molecular complexity index is 725. The molecule has 0 bridgehead atoms. The number of benzene rings is 1. The van der Waals surface area contributed by atoms with Crippen LogP contribution in [0.2, 0.25) is 0 Å². The van der Waals surface area contributed by atoms with Crippen LogP contribution >= 0.6 is 0 Å². The van der Waals surface area contributed by atoms with Crippen molar-refractivity contribution in [1.82, 2.24) is 19.9 Å². The van der Waals surface area contributed by atoms with Gasteiger partial charge in [0.25, 0.3) is 0 Å². The van der Waals surface area contributed by atoms with E-state index in [0.29, 0.717) is 18.3 Å². The highest BCUT2D eigenvalue weighted by Crippen LogP contribution is 2.24. The Morgan fingerprint density at radius 1 is 1.16 bits per heavy atom. The van der Waals surface area contributed by atoms with Crippen molar-refractivity contribution in [2.75, 3.05) is 32.8 Å². The number of carbonyl (C=O) groups excluding carboxylic acids is 1. The van der Waals surface area contributed by atoms with Crippen molar-refractivity contribution < 1.29 is 14.1 Å². The molecule has 4 rings (SSSR count). The molecular weight excluding hydrogens is 320 g/mol. The Kier molecular flexibility index (Phi) is 4.50. The lowest BCUT2D eigenvalue weighted by Gasteiger charge is -2.38. The Labute approximate surface area is 146 Å². The molecule has 0 unspecified atom stereocenters. The second kappa shape index (κ2) is 6.93. The number of nitrogens with zero attached hydrogens (tertiary/aromatic N) is 4. The molecular formula is C18H22N4O3. The van der Waals surface area contributed by atoms with Gasteiger partial charge in [-0.3, -0.25) is 14.6 Å². The van der Waals surface area contributed by atoms with Crippen LogP contribution in [0.3, 0.4) is 0 Å². The highest BCUT2D eigenvalue weighted by Gasteiger charge is 2.35. The number of hydrogen-bond donors (Lipinski definition) is 0. The first-order chi connectivity index (χ1) is 12.2. The topological polar surface area (TPSA) is 71.7 Å². The van der Waals surface area contributed by atoms with Crippen molar-refractivity contribution in [3.8, 4) is 11.4 Å². The normalized spacial score (nSPS) is 23.6. The van der Waals surface area contributed by atoms with Gasteiger partial charge in [-0.25, -0.2) is 0 Å². The standard InChI is InChI=1S/C18H22N4O3/c1-13(17-19-16(20-25-17)14-5-3-2-4-6-14)21-8-10-22(11-9-21)15-7-12-24-18(15)23/h2-6,13,15H,7-12H2,1H3/t13-,15-/m0/s1. The molecule has 0 spiro atoms. The lowest BCUT2D eigenvalue weighted by Crippen LogP contribution is -2.52. The van der Waals surface area contributed by atoms with Gasteiger partial charge in [-0.15, -0.1) is 0 Å². The van der Waals surface area contributed by atoms with E-state index in [2.05, 4.69) is 26.9 Å². The van der Waals surface area contributed by atoms with Crippen LogP contribution in [0.25, 0.3) is 11.4 Å². The van der Waals surface area contributed by atoms with Crippen LogP contribution in [-0.4, -0.2) is 64.7 Å². The molecule has 0 saturated carbocycles. The van der Waals surface area contributed by atoms with Crippen LogP contribution < -0.4 is 0 Å². The average molecular weight is 342 g/mol. The third-order valence-electron chi connectivity index (χ3n) is 5.08. The van der Waals surface area contributed by atoms with Crippen molar-refractivity contribution in [2.24, 2.45) is 0 Å². The maximum atomic E-state index is 11.7. The van der Waals surface area contributed by atoms with E-state index in [1.165, 1.54) is 0 Å². The van der Waals surface area contributed by atoms with Gasteiger partial charge in [0.15, 0.2) is 0 Å². The number of ether oxygens (including phenoxy) is 1. The minimum absolute atomic E-state index is 0.0580. The molecule has 25 heavy (non-hydrogen) atoms. The number of rotatable bonds is 4. The number of hydrogen-bond acceptors (Lipinski definition) is 7. The number of cyclic esters (lactones) is 1. The van der Waals surface area contributed by atoms with Crippen LogP contribution in [0.5, 0.6) is 0 Å². The summed E-state index contributed by atoms with van der Waals surface area (Å²) in [5.74, 6) is 1.17. The summed E-state index contributed by atoms with van der Waals surface area (Å²) in [4.78, 5) is 20.8. The predicted octanol–water partition coefficient (Wildman–Crippen LogP) is 1.73. The summed E-state index contributed by atoms with van der Waals surface area (Å²) in [7, 11) is 0. The molecule has 3 heterocycles. The molecule has 2 aliphatic heterocycles. The zero-order valence-corrected chi connectivity index (χ0v) is 14.3. The first kappa shape index (κ1) is 16.2. The van der Waals surface area contributed by atoms with E-state index < -0.39 is 0 Å². The van der Waals surface area contributed by atoms with Gasteiger partial charge in [-0.05, 0) is 6.92 Å². The van der Waals surface area contributed by atoms with Gasteiger partial charge < -0.3 is 9.26 Å². The van der Waals surface area contributed by atoms with Crippen molar-refractivity contribution in [3.63, 3.8) is 0 Å². The molecule has 2 saturated heterocycles. The van der Waals surface area contributed by atoms with E-state index in [-0.39, 0.29) is 18.1 Å². The van der Waals surface area contributed by atoms with E-state index in [9.17, 15) is 4.79 Å². The van der Waals surface area contributed by atoms with E-state index in [4.69, 9.17) is 9.26 Å². The van der Waals surface area contributed by atoms with E-state index in [1.807, 2.05) is 30.3 Å². The summed E-state index contributed by atoms with van der Waals surface area (Å²) < 4.78 is 10.6. The van der Waals surface area contributed by atoms with Gasteiger partial charge >= 0.3 is 5.97 Å².